The molecule has 0 saturated carbocycles. The number of hydrogen-bond donors (Lipinski definition) is 2. The van der Waals surface area contributed by atoms with Crippen LogP contribution in [0.5, 0.6) is 11.5 Å². The molecular formula is C20H23NO5. The summed E-state index contributed by atoms with van der Waals surface area (Å²) in [5.41, 5.74) is 0.698. The fraction of sp³-hybridized carbons (Fsp3) is 0.300. The molecule has 6 heteroatoms. The summed E-state index contributed by atoms with van der Waals surface area (Å²) in [7, 11) is 0. The zero-order chi connectivity index (χ0) is 18.8. The average molecular weight is 357 g/mol. The smallest absolute Gasteiger partial charge is 0.305 e. The second-order valence-electron chi connectivity index (χ2n) is 5.74. The van der Waals surface area contributed by atoms with Crippen LogP contribution in [0.3, 0.4) is 0 Å². The van der Waals surface area contributed by atoms with Crippen LogP contribution in [0.1, 0.15) is 31.4 Å². The van der Waals surface area contributed by atoms with E-state index in [4.69, 9.17) is 14.6 Å². The molecule has 26 heavy (non-hydrogen) atoms. The van der Waals surface area contributed by atoms with Crippen LogP contribution in [-0.4, -0.2) is 30.2 Å². The van der Waals surface area contributed by atoms with Crippen molar-refractivity contribution < 1.29 is 24.2 Å². The zero-order valence-corrected chi connectivity index (χ0v) is 14.7. The lowest BCUT2D eigenvalue weighted by molar-refractivity contribution is -0.137. The number of carbonyl (C=O) groups is 2. The molecule has 2 aromatic carbocycles. The van der Waals surface area contributed by atoms with E-state index in [9.17, 15) is 9.59 Å². The van der Waals surface area contributed by atoms with Crippen LogP contribution in [0.2, 0.25) is 0 Å². The van der Waals surface area contributed by atoms with Gasteiger partial charge in [-0.2, -0.15) is 0 Å². The van der Waals surface area contributed by atoms with Crippen LogP contribution in [0.25, 0.3) is 0 Å². The summed E-state index contributed by atoms with van der Waals surface area (Å²) in [5, 5.41) is 11.8. The van der Waals surface area contributed by atoms with Gasteiger partial charge in [0.05, 0.1) is 19.1 Å². The molecular weight excluding hydrogens is 334 g/mol. The van der Waals surface area contributed by atoms with Crippen molar-refractivity contribution in [3.63, 3.8) is 0 Å². The standard InChI is InChI=1S/C20H23NO5/c1-2-12-25-17-10-8-15(9-11-17)18(13-20(23)24)21-19(22)14-26-16-6-4-3-5-7-16/h3-11,18H,2,12-14H2,1H3,(H,21,22)(H,23,24)/t18-/m0/s1. The van der Waals surface area contributed by atoms with Crippen LogP contribution in [-0.2, 0) is 9.59 Å². The maximum atomic E-state index is 12.1. The number of carbonyl (C=O) groups excluding carboxylic acids is 1. The highest BCUT2D eigenvalue weighted by atomic mass is 16.5. The van der Waals surface area contributed by atoms with Crippen molar-refractivity contribution in [2.75, 3.05) is 13.2 Å². The molecule has 2 N–H and O–H groups in total. The molecule has 6 nitrogen and oxygen atoms in total. The van der Waals surface area contributed by atoms with E-state index >= 15 is 0 Å². The maximum Gasteiger partial charge on any atom is 0.305 e. The first kappa shape index (κ1) is 19.3. The summed E-state index contributed by atoms with van der Waals surface area (Å²) in [4.78, 5) is 23.3. The van der Waals surface area contributed by atoms with E-state index in [1.54, 1.807) is 36.4 Å². The van der Waals surface area contributed by atoms with E-state index < -0.39 is 12.0 Å². The van der Waals surface area contributed by atoms with Gasteiger partial charge in [-0.15, -0.1) is 0 Å². The van der Waals surface area contributed by atoms with Crippen LogP contribution in [0.4, 0.5) is 0 Å². The van der Waals surface area contributed by atoms with Crippen LogP contribution in [0, 0.1) is 0 Å². The van der Waals surface area contributed by atoms with E-state index in [2.05, 4.69) is 5.32 Å². The molecule has 0 radical (unpaired) electrons. The predicted molar refractivity (Wildman–Crippen MR) is 97.3 cm³/mol. The average Bonchev–Trinajstić information content (AvgIpc) is 2.65. The lowest BCUT2D eigenvalue weighted by Crippen LogP contribution is -2.33. The van der Waals surface area contributed by atoms with Crippen LogP contribution >= 0.6 is 0 Å². The number of rotatable bonds is 10. The number of aliphatic carboxylic acids is 1. The van der Waals surface area contributed by atoms with Gasteiger partial charge in [0.1, 0.15) is 11.5 Å². The zero-order valence-electron chi connectivity index (χ0n) is 14.7. The van der Waals surface area contributed by atoms with Gasteiger partial charge in [0.2, 0.25) is 0 Å². The molecule has 0 aliphatic heterocycles. The Balaban J connectivity index is 1.97. The van der Waals surface area contributed by atoms with Gasteiger partial charge in [-0.3, -0.25) is 9.59 Å². The van der Waals surface area contributed by atoms with Crippen molar-refractivity contribution in [2.45, 2.75) is 25.8 Å². The molecule has 0 aliphatic carbocycles. The Morgan fingerprint density at radius 2 is 1.65 bits per heavy atom. The highest BCUT2D eigenvalue weighted by Gasteiger charge is 2.18. The molecule has 0 aliphatic rings. The predicted octanol–water partition coefficient (Wildman–Crippen LogP) is 3.19. The van der Waals surface area contributed by atoms with Gasteiger partial charge in [-0.1, -0.05) is 37.3 Å². The first-order valence-electron chi connectivity index (χ1n) is 8.50. The largest absolute Gasteiger partial charge is 0.494 e. The molecule has 138 valence electrons. The molecule has 0 saturated heterocycles. The highest BCUT2D eigenvalue weighted by Crippen LogP contribution is 2.21. The Hall–Kier alpha value is -3.02. The van der Waals surface area contributed by atoms with Gasteiger partial charge in [-0.05, 0) is 36.2 Å². The van der Waals surface area contributed by atoms with Crippen molar-refractivity contribution >= 4 is 11.9 Å². The number of hydrogen-bond acceptors (Lipinski definition) is 4. The van der Waals surface area contributed by atoms with Crippen molar-refractivity contribution in [1.82, 2.24) is 5.32 Å². The van der Waals surface area contributed by atoms with Gasteiger partial charge >= 0.3 is 5.97 Å². The Morgan fingerprint density at radius 1 is 1.00 bits per heavy atom. The minimum absolute atomic E-state index is 0.183. The van der Waals surface area contributed by atoms with Crippen LogP contribution in [0.15, 0.2) is 54.6 Å². The lowest BCUT2D eigenvalue weighted by atomic mass is 10.0. The number of para-hydroxylation sites is 1. The summed E-state index contributed by atoms with van der Waals surface area (Å²) in [6.45, 7) is 2.45. The third-order valence-electron chi connectivity index (χ3n) is 3.58. The molecule has 0 fully saturated rings. The quantitative estimate of drug-likeness (QED) is 0.682. The summed E-state index contributed by atoms with van der Waals surface area (Å²) in [6, 6.07) is 15.4. The number of amides is 1. The van der Waals surface area contributed by atoms with Gasteiger partial charge in [0, 0.05) is 0 Å². The molecule has 0 heterocycles. The van der Waals surface area contributed by atoms with Crippen molar-refractivity contribution in [3.05, 3.63) is 60.2 Å². The van der Waals surface area contributed by atoms with E-state index in [0.29, 0.717) is 23.7 Å². The van der Waals surface area contributed by atoms with Crippen molar-refractivity contribution in [3.8, 4) is 11.5 Å². The minimum Gasteiger partial charge on any atom is -0.494 e. The van der Waals surface area contributed by atoms with Gasteiger partial charge < -0.3 is 19.9 Å². The highest BCUT2D eigenvalue weighted by molar-refractivity contribution is 5.79. The second kappa shape index (κ2) is 10.1. The summed E-state index contributed by atoms with van der Waals surface area (Å²) in [5.74, 6) is -0.0877. The molecule has 0 bridgehead atoms. The topological polar surface area (TPSA) is 84.9 Å². The molecule has 0 aromatic heterocycles. The van der Waals surface area contributed by atoms with E-state index in [-0.39, 0.29) is 18.9 Å². The number of carboxylic acids is 1. The van der Waals surface area contributed by atoms with Crippen molar-refractivity contribution in [2.24, 2.45) is 0 Å². The number of benzene rings is 2. The maximum absolute atomic E-state index is 12.1. The normalized spacial score (nSPS) is 11.4. The van der Waals surface area contributed by atoms with Gasteiger partial charge in [-0.25, -0.2) is 0 Å². The monoisotopic (exact) mass is 357 g/mol. The fourth-order valence-electron chi connectivity index (χ4n) is 2.34. The molecule has 0 unspecified atom stereocenters. The van der Waals surface area contributed by atoms with Crippen molar-refractivity contribution in [1.29, 1.82) is 0 Å². The number of nitrogens with one attached hydrogen (secondary N) is 1. The summed E-state index contributed by atoms with van der Waals surface area (Å²) in [6.07, 6.45) is 0.688. The third-order valence-corrected chi connectivity index (χ3v) is 3.58. The number of carboxylic acid groups (broad SMARTS) is 1. The molecule has 2 rings (SSSR count). The Kier molecular flexibility index (Phi) is 7.49. The van der Waals surface area contributed by atoms with Crippen LogP contribution < -0.4 is 14.8 Å². The fourth-order valence-corrected chi connectivity index (χ4v) is 2.34. The van der Waals surface area contributed by atoms with E-state index in [1.807, 2.05) is 25.1 Å². The molecule has 0 spiro atoms. The third kappa shape index (κ3) is 6.47. The summed E-state index contributed by atoms with van der Waals surface area (Å²) >= 11 is 0. The van der Waals surface area contributed by atoms with Gasteiger partial charge in [0.15, 0.2) is 6.61 Å². The van der Waals surface area contributed by atoms with E-state index in [0.717, 1.165) is 6.42 Å². The lowest BCUT2D eigenvalue weighted by Gasteiger charge is -2.18. The number of ether oxygens (including phenoxy) is 2. The van der Waals surface area contributed by atoms with E-state index in [1.165, 1.54) is 0 Å². The molecule has 1 atom stereocenters. The Morgan fingerprint density at radius 3 is 2.27 bits per heavy atom. The minimum atomic E-state index is -0.995. The molecule has 2 aromatic rings. The Bertz CT molecular complexity index is 700. The SMILES string of the molecule is CCCOc1ccc([C@H](CC(=O)O)NC(=O)COc2ccccc2)cc1. The second-order valence-corrected chi connectivity index (χ2v) is 5.74. The van der Waals surface area contributed by atoms with Gasteiger partial charge in [0.25, 0.3) is 5.91 Å². The Labute approximate surface area is 152 Å². The first-order chi connectivity index (χ1) is 12.6. The summed E-state index contributed by atoms with van der Waals surface area (Å²) < 4.78 is 10.9. The molecule has 1 amide bonds. The first-order valence-corrected chi connectivity index (χ1v) is 8.50.